The third-order valence-corrected chi connectivity index (χ3v) is 2.46. The molecular weight excluding hydrogens is 224 g/mol. The van der Waals surface area contributed by atoms with E-state index in [1.54, 1.807) is 0 Å². The number of benzene rings is 2. The summed E-state index contributed by atoms with van der Waals surface area (Å²) in [5.41, 5.74) is 5.88. The van der Waals surface area contributed by atoms with Crippen molar-refractivity contribution in [3.63, 3.8) is 0 Å². The van der Waals surface area contributed by atoms with E-state index in [1.165, 1.54) is 30.3 Å². The van der Waals surface area contributed by atoms with Gasteiger partial charge in [0.1, 0.15) is 12.1 Å². The minimum atomic E-state index is -0.788. The second-order valence-corrected chi connectivity index (χ2v) is 3.57. The zero-order valence-corrected chi connectivity index (χ0v) is 8.78. The van der Waals surface area contributed by atoms with E-state index in [4.69, 9.17) is 5.73 Å². The topological polar surface area (TPSA) is 43.1 Å². The van der Waals surface area contributed by atoms with Crippen LogP contribution in [0.3, 0.4) is 0 Å². The Balaban J connectivity index is 2.59. The first-order valence-corrected chi connectivity index (χ1v) is 4.92. The summed E-state index contributed by atoms with van der Waals surface area (Å²) in [6.45, 7) is 0. The van der Waals surface area contributed by atoms with Gasteiger partial charge in [-0.3, -0.25) is 4.79 Å². The van der Waals surface area contributed by atoms with Crippen molar-refractivity contribution >= 4 is 12.0 Å². The average molecular weight is 233 g/mol. The Morgan fingerprint density at radius 3 is 2.24 bits per heavy atom. The molecule has 0 atom stereocenters. The largest absolute Gasteiger partial charge is 0.396 e. The van der Waals surface area contributed by atoms with Gasteiger partial charge in [-0.2, -0.15) is 0 Å². The van der Waals surface area contributed by atoms with E-state index in [-0.39, 0.29) is 11.3 Å². The zero-order valence-electron chi connectivity index (χ0n) is 8.78. The molecule has 0 amide bonds. The summed E-state index contributed by atoms with van der Waals surface area (Å²) in [5.74, 6) is -1.47. The highest BCUT2D eigenvalue weighted by Crippen LogP contribution is 2.29. The third kappa shape index (κ3) is 2.01. The Hall–Kier alpha value is -2.23. The van der Waals surface area contributed by atoms with Gasteiger partial charge in [0.2, 0.25) is 0 Å². The van der Waals surface area contributed by atoms with Crippen LogP contribution in [0.1, 0.15) is 10.4 Å². The molecule has 0 spiro atoms. The summed E-state index contributed by atoms with van der Waals surface area (Å²) < 4.78 is 27.2. The standard InChI is InChI=1S/C13H9F2NO/c14-10-5-6-11(16)13(15)12(10)9-3-1-8(7-17)2-4-9/h1-7H,16H2. The molecule has 0 saturated heterocycles. The van der Waals surface area contributed by atoms with Gasteiger partial charge in [-0.25, -0.2) is 8.78 Å². The first-order valence-electron chi connectivity index (χ1n) is 4.92. The Morgan fingerprint density at radius 2 is 1.65 bits per heavy atom. The molecule has 0 unspecified atom stereocenters. The molecule has 2 aromatic carbocycles. The molecule has 86 valence electrons. The number of hydrogen-bond donors (Lipinski definition) is 1. The fourth-order valence-electron chi connectivity index (χ4n) is 1.56. The number of carbonyl (C=O) groups is 1. The molecule has 0 aromatic heterocycles. The maximum Gasteiger partial charge on any atom is 0.156 e. The van der Waals surface area contributed by atoms with Gasteiger partial charge in [-0.15, -0.1) is 0 Å². The number of nitrogens with two attached hydrogens (primary N) is 1. The Bertz CT molecular complexity index is 564. The van der Waals surface area contributed by atoms with Crippen LogP contribution in [0.15, 0.2) is 36.4 Å². The zero-order chi connectivity index (χ0) is 12.4. The number of halogens is 2. The molecule has 2 N–H and O–H groups in total. The quantitative estimate of drug-likeness (QED) is 0.640. The predicted molar refractivity (Wildman–Crippen MR) is 61.6 cm³/mol. The van der Waals surface area contributed by atoms with Gasteiger partial charge in [0, 0.05) is 5.56 Å². The average Bonchev–Trinajstić information content (AvgIpc) is 2.35. The van der Waals surface area contributed by atoms with Crippen LogP contribution in [0, 0.1) is 11.6 Å². The van der Waals surface area contributed by atoms with E-state index in [1.807, 2.05) is 0 Å². The van der Waals surface area contributed by atoms with E-state index >= 15 is 0 Å². The van der Waals surface area contributed by atoms with Crippen LogP contribution >= 0.6 is 0 Å². The van der Waals surface area contributed by atoms with Gasteiger partial charge < -0.3 is 5.73 Å². The molecule has 0 aliphatic carbocycles. The van der Waals surface area contributed by atoms with Gasteiger partial charge >= 0.3 is 0 Å². The van der Waals surface area contributed by atoms with E-state index in [0.29, 0.717) is 17.4 Å². The molecule has 0 fully saturated rings. The van der Waals surface area contributed by atoms with E-state index in [9.17, 15) is 13.6 Å². The van der Waals surface area contributed by atoms with E-state index < -0.39 is 11.6 Å². The molecule has 2 nitrogen and oxygen atoms in total. The first-order chi connectivity index (χ1) is 8.13. The number of aldehydes is 1. The highest BCUT2D eigenvalue weighted by atomic mass is 19.1. The lowest BCUT2D eigenvalue weighted by atomic mass is 10.0. The molecule has 0 saturated carbocycles. The number of hydrogen-bond acceptors (Lipinski definition) is 2. The van der Waals surface area contributed by atoms with Crippen LogP contribution in [0.5, 0.6) is 0 Å². The van der Waals surface area contributed by atoms with Crippen molar-refractivity contribution in [1.29, 1.82) is 0 Å². The maximum absolute atomic E-state index is 13.7. The minimum absolute atomic E-state index is 0.110. The number of anilines is 1. The van der Waals surface area contributed by atoms with Crippen molar-refractivity contribution in [3.8, 4) is 11.1 Å². The van der Waals surface area contributed by atoms with Gasteiger partial charge in [-0.1, -0.05) is 24.3 Å². The Kier molecular flexibility index (Phi) is 2.87. The second-order valence-electron chi connectivity index (χ2n) is 3.57. The van der Waals surface area contributed by atoms with Gasteiger partial charge in [0.05, 0.1) is 11.3 Å². The molecule has 4 heteroatoms. The van der Waals surface area contributed by atoms with Gasteiger partial charge in [0.25, 0.3) is 0 Å². The van der Waals surface area contributed by atoms with E-state index in [2.05, 4.69) is 0 Å². The SMILES string of the molecule is Nc1ccc(F)c(-c2ccc(C=O)cc2)c1F. The maximum atomic E-state index is 13.7. The molecular formula is C13H9F2NO. The predicted octanol–water partition coefficient (Wildman–Crippen LogP) is 3.03. The van der Waals surface area contributed by atoms with E-state index in [0.717, 1.165) is 6.07 Å². The van der Waals surface area contributed by atoms with Gasteiger partial charge in [-0.05, 0) is 17.7 Å². The van der Waals surface area contributed by atoms with Crippen molar-refractivity contribution in [2.75, 3.05) is 5.73 Å². The van der Waals surface area contributed by atoms with Crippen LogP contribution in [0.2, 0.25) is 0 Å². The van der Waals surface area contributed by atoms with Crippen molar-refractivity contribution < 1.29 is 13.6 Å². The molecule has 0 bridgehead atoms. The van der Waals surface area contributed by atoms with Crippen molar-refractivity contribution in [3.05, 3.63) is 53.6 Å². The highest BCUT2D eigenvalue weighted by Gasteiger charge is 2.13. The molecule has 17 heavy (non-hydrogen) atoms. The first kappa shape index (κ1) is 11.3. The highest BCUT2D eigenvalue weighted by molar-refractivity contribution is 5.77. The van der Waals surface area contributed by atoms with Gasteiger partial charge in [0.15, 0.2) is 5.82 Å². The molecule has 2 rings (SSSR count). The van der Waals surface area contributed by atoms with Crippen molar-refractivity contribution in [1.82, 2.24) is 0 Å². The molecule has 0 radical (unpaired) electrons. The molecule has 0 aliphatic rings. The monoisotopic (exact) mass is 233 g/mol. The summed E-state index contributed by atoms with van der Waals surface area (Å²) in [4.78, 5) is 10.5. The molecule has 2 aromatic rings. The Labute approximate surface area is 96.7 Å². The normalized spacial score (nSPS) is 10.2. The molecule has 0 heterocycles. The Morgan fingerprint density at radius 1 is 1.00 bits per heavy atom. The number of nitrogen functional groups attached to an aromatic ring is 1. The van der Waals surface area contributed by atoms with Crippen LogP contribution < -0.4 is 5.73 Å². The van der Waals surface area contributed by atoms with Crippen molar-refractivity contribution in [2.24, 2.45) is 0 Å². The summed E-state index contributed by atoms with van der Waals surface area (Å²) in [5, 5.41) is 0. The summed E-state index contributed by atoms with van der Waals surface area (Å²) >= 11 is 0. The number of carbonyl (C=O) groups excluding carboxylic acids is 1. The van der Waals surface area contributed by atoms with Crippen LogP contribution in [-0.2, 0) is 0 Å². The number of rotatable bonds is 2. The van der Waals surface area contributed by atoms with Crippen LogP contribution in [0.25, 0.3) is 11.1 Å². The second kappa shape index (κ2) is 4.33. The summed E-state index contributed by atoms with van der Waals surface area (Å²) in [6, 6.07) is 8.22. The fourth-order valence-corrected chi connectivity index (χ4v) is 1.56. The van der Waals surface area contributed by atoms with Crippen LogP contribution in [0.4, 0.5) is 14.5 Å². The smallest absolute Gasteiger partial charge is 0.156 e. The van der Waals surface area contributed by atoms with Crippen molar-refractivity contribution in [2.45, 2.75) is 0 Å². The lowest BCUT2D eigenvalue weighted by Gasteiger charge is -2.07. The summed E-state index contributed by atoms with van der Waals surface area (Å²) in [6.07, 6.45) is 0.663. The third-order valence-electron chi connectivity index (χ3n) is 2.46. The lowest BCUT2D eigenvalue weighted by Crippen LogP contribution is -1.96. The summed E-state index contributed by atoms with van der Waals surface area (Å²) in [7, 11) is 0. The molecule has 0 aliphatic heterocycles. The lowest BCUT2D eigenvalue weighted by molar-refractivity contribution is 0.112. The fraction of sp³-hybridized carbons (Fsp3) is 0. The van der Waals surface area contributed by atoms with Crippen LogP contribution in [-0.4, -0.2) is 6.29 Å². The minimum Gasteiger partial charge on any atom is -0.396 e.